The molecule has 0 spiro atoms. The fourth-order valence-corrected chi connectivity index (χ4v) is 4.19. The first-order chi connectivity index (χ1) is 15.2. The standard InChI is InChI=1S/C24H25F3N2O3/c1-16-21(30)8-7-20-18(13-22(31)32-23(16)20)15-29-10-2-9-28(11-12-29)14-17-3-5-19(6-4-17)24(25,26)27/h3-8,13,30H,2,9-12,14-15H2,1H3. The van der Waals surface area contributed by atoms with Crippen LogP contribution in [0.2, 0.25) is 0 Å². The quantitative estimate of drug-likeness (QED) is 0.597. The molecule has 1 N–H and O–H groups in total. The van der Waals surface area contributed by atoms with Gasteiger partial charge in [0.05, 0.1) is 5.56 Å². The Morgan fingerprint density at radius 2 is 1.62 bits per heavy atom. The molecular formula is C24H25F3N2O3. The average molecular weight is 446 g/mol. The summed E-state index contributed by atoms with van der Waals surface area (Å²) in [5.41, 5.74) is 1.58. The van der Waals surface area contributed by atoms with Crippen LogP contribution in [0, 0.1) is 6.92 Å². The van der Waals surface area contributed by atoms with E-state index < -0.39 is 17.4 Å². The number of phenols is 1. The summed E-state index contributed by atoms with van der Waals surface area (Å²) in [5.74, 6) is 0.0893. The normalized spacial score (nSPS) is 16.4. The van der Waals surface area contributed by atoms with Crippen LogP contribution in [0.15, 0.2) is 51.7 Å². The van der Waals surface area contributed by atoms with Gasteiger partial charge in [0.2, 0.25) is 0 Å². The minimum atomic E-state index is -4.32. The third-order valence-corrected chi connectivity index (χ3v) is 5.98. The molecule has 0 radical (unpaired) electrons. The highest BCUT2D eigenvalue weighted by Crippen LogP contribution is 2.30. The lowest BCUT2D eigenvalue weighted by molar-refractivity contribution is -0.137. The molecule has 170 valence electrons. The largest absolute Gasteiger partial charge is 0.508 e. The van der Waals surface area contributed by atoms with Gasteiger partial charge in [0, 0.05) is 43.2 Å². The number of alkyl halides is 3. The van der Waals surface area contributed by atoms with E-state index in [1.165, 1.54) is 6.07 Å². The summed E-state index contributed by atoms with van der Waals surface area (Å²) in [6.45, 7) is 6.16. The van der Waals surface area contributed by atoms with Crippen molar-refractivity contribution in [3.63, 3.8) is 0 Å². The summed E-state index contributed by atoms with van der Waals surface area (Å²) in [7, 11) is 0. The maximum absolute atomic E-state index is 12.8. The fraction of sp³-hybridized carbons (Fsp3) is 0.375. The zero-order chi connectivity index (χ0) is 22.9. The van der Waals surface area contributed by atoms with Crippen molar-refractivity contribution in [1.29, 1.82) is 0 Å². The summed E-state index contributed by atoms with van der Waals surface area (Å²) in [5, 5.41) is 10.7. The molecule has 1 aromatic heterocycles. The molecule has 2 aromatic carbocycles. The van der Waals surface area contributed by atoms with E-state index in [0.717, 1.165) is 61.2 Å². The zero-order valence-corrected chi connectivity index (χ0v) is 17.8. The predicted molar refractivity (Wildman–Crippen MR) is 116 cm³/mol. The van der Waals surface area contributed by atoms with E-state index in [9.17, 15) is 23.1 Å². The summed E-state index contributed by atoms with van der Waals surface area (Å²) in [6.07, 6.45) is -3.41. The molecule has 8 heteroatoms. The average Bonchev–Trinajstić information content (AvgIpc) is 2.96. The summed E-state index contributed by atoms with van der Waals surface area (Å²) in [6, 6.07) is 10.2. The van der Waals surface area contributed by atoms with Gasteiger partial charge < -0.3 is 9.52 Å². The van der Waals surface area contributed by atoms with Gasteiger partial charge in [-0.25, -0.2) is 4.79 Å². The molecule has 3 aromatic rings. The van der Waals surface area contributed by atoms with Crippen molar-refractivity contribution in [3.05, 3.63) is 75.1 Å². The highest BCUT2D eigenvalue weighted by atomic mass is 19.4. The van der Waals surface area contributed by atoms with Crippen molar-refractivity contribution in [2.45, 2.75) is 32.6 Å². The first-order valence-electron chi connectivity index (χ1n) is 10.6. The molecule has 0 aliphatic carbocycles. The van der Waals surface area contributed by atoms with Crippen LogP contribution in [0.25, 0.3) is 11.0 Å². The second-order valence-electron chi connectivity index (χ2n) is 8.28. The SMILES string of the molecule is Cc1c(O)ccc2c(CN3CCCN(Cc4ccc(C(F)(F)F)cc4)CC3)cc(=O)oc12. The maximum atomic E-state index is 12.8. The smallest absolute Gasteiger partial charge is 0.416 e. The van der Waals surface area contributed by atoms with E-state index in [-0.39, 0.29) is 5.75 Å². The number of benzene rings is 2. The second kappa shape index (κ2) is 8.96. The monoisotopic (exact) mass is 446 g/mol. The summed E-state index contributed by atoms with van der Waals surface area (Å²) in [4.78, 5) is 16.6. The van der Waals surface area contributed by atoms with Crippen LogP contribution in [0.5, 0.6) is 5.75 Å². The molecule has 32 heavy (non-hydrogen) atoms. The Kier molecular flexibility index (Phi) is 6.26. The molecule has 0 saturated carbocycles. The van der Waals surface area contributed by atoms with Crippen LogP contribution in [0.4, 0.5) is 13.2 Å². The van der Waals surface area contributed by atoms with Gasteiger partial charge in [-0.1, -0.05) is 12.1 Å². The summed E-state index contributed by atoms with van der Waals surface area (Å²) < 4.78 is 43.6. The third-order valence-electron chi connectivity index (χ3n) is 5.98. The Hall–Kier alpha value is -2.84. The molecule has 1 fully saturated rings. The van der Waals surface area contributed by atoms with Crippen molar-refractivity contribution in [1.82, 2.24) is 9.80 Å². The lowest BCUT2D eigenvalue weighted by Crippen LogP contribution is -2.30. The van der Waals surface area contributed by atoms with Crippen LogP contribution in [0.1, 0.15) is 28.7 Å². The number of nitrogens with zero attached hydrogens (tertiary/aromatic N) is 2. The Bertz CT molecular complexity index is 1160. The number of hydrogen-bond donors (Lipinski definition) is 1. The third kappa shape index (κ3) is 4.97. The van der Waals surface area contributed by atoms with Crippen LogP contribution >= 0.6 is 0 Å². The van der Waals surface area contributed by atoms with E-state index in [1.54, 1.807) is 31.2 Å². The van der Waals surface area contributed by atoms with Crippen LogP contribution in [0.3, 0.4) is 0 Å². The van der Waals surface area contributed by atoms with E-state index in [2.05, 4.69) is 9.80 Å². The molecule has 0 amide bonds. The number of halogens is 3. The number of rotatable bonds is 4. The number of fused-ring (bicyclic) bond motifs is 1. The van der Waals surface area contributed by atoms with Gasteiger partial charge in [-0.3, -0.25) is 9.80 Å². The first kappa shape index (κ1) is 22.4. The Balaban J connectivity index is 1.43. The molecule has 2 heterocycles. The van der Waals surface area contributed by atoms with Crippen molar-refractivity contribution < 1.29 is 22.7 Å². The molecule has 0 atom stereocenters. The van der Waals surface area contributed by atoms with Gasteiger partial charge in [0.15, 0.2) is 0 Å². The Morgan fingerprint density at radius 3 is 2.28 bits per heavy atom. The van der Waals surface area contributed by atoms with Gasteiger partial charge in [-0.05, 0) is 61.8 Å². The molecule has 0 unspecified atom stereocenters. The van der Waals surface area contributed by atoms with Crippen molar-refractivity contribution in [2.24, 2.45) is 0 Å². The lowest BCUT2D eigenvalue weighted by atomic mass is 10.1. The molecule has 4 rings (SSSR count). The molecule has 1 aliphatic rings. The van der Waals surface area contributed by atoms with Gasteiger partial charge in [0.25, 0.3) is 0 Å². The second-order valence-corrected chi connectivity index (χ2v) is 8.28. The molecule has 1 saturated heterocycles. The summed E-state index contributed by atoms with van der Waals surface area (Å²) >= 11 is 0. The Morgan fingerprint density at radius 1 is 0.969 bits per heavy atom. The van der Waals surface area contributed by atoms with Crippen molar-refractivity contribution in [3.8, 4) is 5.75 Å². The molecule has 5 nitrogen and oxygen atoms in total. The van der Waals surface area contributed by atoms with E-state index in [1.807, 2.05) is 0 Å². The van der Waals surface area contributed by atoms with Crippen molar-refractivity contribution >= 4 is 11.0 Å². The highest BCUT2D eigenvalue weighted by molar-refractivity contribution is 5.84. The Labute approximate surface area is 183 Å². The van der Waals surface area contributed by atoms with E-state index in [4.69, 9.17) is 4.42 Å². The fourth-order valence-electron chi connectivity index (χ4n) is 4.19. The predicted octanol–water partition coefficient (Wildman–Crippen LogP) is 4.53. The number of phenolic OH excluding ortho intramolecular Hbond substituents is 1. The van der Waals surface area contributed by atoms with Gasteiger partial charge >= 0.3 is 11.8 Å². The number of aromatic hydroxyl groups is 1. The van der Waals surface area contributed by atoms with Gasteiger partial charge in [0.1, 0.15) is 11.3 Å². The maximum Gasteiger partial charge on any atom is 0.416 e. The topological polar surface area (TPSA) is 56.9 Å². The van der Waals surface area contributed by atoms with Crippen LogP contribution in [-0.2, 0) is 19.3 Å². The highest BCUT2D eigenvalue weighted by Gasteiger charge is 2.30. The van der Waals surface area contributed by atoms with E-state index in [0.29, 0.717) is 24.2 Å². The minimum Gasteiger partial charge on any atom is -0.508 e. The molecule has 1 aliphatic heterocycles. The van der Waals surface area contributed by atoms with Crippen LogP contribution < -0.4 is 5.63 Å². The number of aryl methyl sites for hydroxylation is 1. The number of hydrogen-bond acceptors (Lipinski definition) is 5. The van der Waals surface area contributed by atoms with Gasteiger partial charge in [-0.2, -0.15) is 13.2 Å². The lowest BCUT2D eigenvalue weighted by Gasteiger charge is -2.22. The minimum absolute atomic E-state index is 0.0893. The first-order valence-corrected chi connectivity index (χ1v) is 10.6. The zero-order valence-electron chi connectivity index (χ0n) is 17.8. The van der Waals surface area contributed by atoms with Crippen molar-refractivity contribution in [2.75, 3.05) is 26.2 Å². The molecular weight excluding hydrogens is 421 g/mol. The van der Waals surface area contributed by atoms with E-state index >= 15 is 0 Å². The van der Waals surface area contributed by atoms with Crippen LogP contribution in [-0.4, -0.2) is 41.1 Å². The van der Waals surface area contributed by atoms with Gasteiger partial charge in [-0.15, -0.1) is 0 Å². The molecule has 0 bridgehead atoms.